The first-order valence-corrected chi connectivity index (χ1v) is 14.6. The van der Waals surface area contributed by atoms with E-state index in [4.69, 9.17) is 5.73 Å². The van der Waals surface area contributed by atoms with Crippen LogP contribution in [0.3, 0.4) is 0 Å². The second-order valence-electron chi connectivity index (χ2n) is 10.8. The van der Waals surface area contributed by atoms with E-state index < -0.39 is 16.7 Å². The largest absolute Gasteiger partial charge is 0.364 e. The van der Waals surface area contributed by atoms with Crippen molar-refractivity contribution in [2.24, 2.45) is 11.7 Å². The molecule has 1 fully saturated rings. The van der Waals surface area contributed by atoms with Crippen molar-refractivity contribution in [2.75, 3.05) is 13.1 Å². The Bertz CT molecular complexity index is 1530. The number of primary amides is 1. The molecule has 0 spiro atoms. The first kappa shape index (κ1) is 29.6. The molecule has 0 radical (unpaired) electrons. The Morgan fingerprint density at radius 3 is 2.05 bits per heavy atom. The van der Waals surface area contributed by atoms with Crippen molar-refractivity contribution in [3.8, 4) is 11.1 Å². The molecule has 4 aromatic rings. The summed E-state index contributed by atoms with van der Waals surface area (Å²) in [4.78, 5) is 43.2. The van der Waals surface area contributed by atoms with E-state index in [0.29, 0.717) is 23.5 Å². The highest BCUT2D eigenvalue weighted by molar-refractivity contribution is 6.09. The van der Waals surface area contributed by atoms with Crippen LogP contribution in [-0.4, -0.2) is 45.9 Å². The van der Waals surface area contributed by atoms with Gasteiger partial charge < -0.3 is 11.1 Å². The summed E-state index contributed by atoms with van der Waals surface area (Å²) in [5, 5.41) is 14.3. The number of aromatic nitrogens is 1. The van der Waals surface area contributed by atoms with E-state index in [2.05, 4.69) is 63.7 Å². The van der Waals surface area contributed by atoms with Gasteiger partial charge >= 0.3 is 0 Å². The van der Waals surface area contributed by atoms with Crippen molar-refractivity contribution in [2.45, 2.75) is 38.3 Å². The van der Waals surface area contributed by atoms with Gasteiger partial charge in [0, 0.05) is 37.3 Å². The number of nitrogens with one attached hydrogen (secondary N) is 1. The molecule has 1 unspecified atom stereocenters. The molecule has 0 aliphatic carbocycles. The van der Waals surface area contributed by atoms with E-state index in [1.54, 1.807) is 18.2 Å². The van der Waals surface area contributed by atoms with Crippen molar-refractivity contribution < 1.29 is 14.5 Å². The topological polar surface area (TPSA) is 131 Å². The summed E-state index contributed by atoms with van der Waals surface area (Å²) < 4.78 is 0. The number of rotatable bonds is 10. The van der Waals surface area contributed by atoms with Crippen molar-refractivity contribution in [1.82, 2.24) is 15.2 Å². The highest BCUT2D eigenvalue weighted by Crippen LogP contribution is 2.38. The smallest absolute Gasteiger partial charge is 0.269 e. The normalized spacial score (nSPS) is 14.7. The number of piperidine rings is 1. The van der Waals surface area contributed by atoms with Crippen LogP contribution in [-0.2, 0) is 0 Å². The molecular formula is C34H35N5O4. The van der Waals surface area contributed by atoms with Gasteiger partial charge in [-0.2, -0.15) is 0 Å². The zero-order valence-electron chi connectivity index (χ0n) is 24.1. The SMILES string of the molecule is CCC(NC(=O)c1c(-c2ccc([N+](=O)[O-])cc2)ccnc1C(N)=O)N1CCC(C(c2ccccc2)c2ccccc2)CC1. The van der Waals surface area contributed by atoms with Gasteiger partial charge in [0.25, 0.3) is 17.5 Å². The Balaban J connectivity index is 1.35. The Morgan fingerprint density at radius 2 is 1.53 bits per heavy atom. The summed E-state index contributed by atoms with van der Waals surface area (Å²) in [7, 11) is 0. The summed E-state index contributed by atoms with van der Waals surface area (Å²) in [5.41, 5.74) is 9.06. The van der Waals surface area contributed by atoms with Crippen molar-refractivity contribution >= 4 is 17.5 Å². The quantitative estimate of drug-likeness (QED) is 0.182. The zero-order chi connectivity index (χ0) is 30.3. The van der Waals surface area contributed by atoms with Crippen LogP contribution in [0.15, 0.2) is 97.2 Å². The number of hydrogen-bond acceptors (Lipinski definition) is 6. The monoisotopic (exact) mass is 577 g/mol. The van der Waals surface area contributed by atoms with Crippen LogP contribution in [0.1, 0.15) is 64.1 Å². The molecule has 3 aromatic carbocycles. The van der Waals surface area contributed by atoms with Crippen LogP contribution in [0.25, 0.3) is 11.1 Å². The summed E-state index contributed by atoms with van der Waals surface area (Å²) in [5.74, 6) is -0.550. The van der Waals surface area contributed by atoms with E-state index in [1.807, 2.05) is 19.1 Å². The third-order valence-corrected chi connectivity index (χ3v) is 8.29. The van der Waals surface area contributed by atoms with E-state index >= 15 is 0 Å². The molecule has 2 amide bonds. The minimum absolute atomic E-state index is 0.0606. The highest BCUT2D eigenvalue weighted by atomic mass is 16.6. The van der Waals surface area contributed by atoms with Gasteiger partial charge in [0.2, 0.25) is 0 Å². The van der Waals surface area contributed by atoms with Gasteiger partial charge in [-0.05, 0) is 65.6 Å². The molecule has 9 nitrogen and oxygen atoms in total. The number of likely N-dealkylation sites (tertiary alicyclic amines) is 1. The lowest BCUT2D eigenvalue weighted by Crippen LogP contribution is -2.51. The van der Waals surface area contributed by atoms with Crippen molar-refractivity contribution in [3.05, 3.63) is 130 Å². The number of non-ortho nitro benzene ring substituents is 1. The summed E-state index contributed by atoms with van der Waals surface area (Å²) in [6.07, 6.45) is 3.75. The number of carbonyl (C=O) groups excluding carboxylic acids is 2. The predicted octanol–water partition coefficient (Wildman–Crippen LogP) is 5.77. The van der Waals surface area contributed by atoms with Gasteiger partial charge in [0.1, 0.15) is 5.69 Å². The molecule has 220 valence electrons. The number of pyridine rings is 1. The molecule has 0 saturated carbocycles. The van der Waals surface area contributed by atoms with E-state index in [0.717, 1.165) is 25.9 Å². The molecule has 9 heteroatoms. The zero-order valence-corrected chi connectivity index (χ0v) is 24.1. The molecular weight excluding hydrogens is 542 g/mol. The second kappa shape index (κ2) is 13.4. The number of nitrogens with zero attached hydrogens (tertiary/aromatic N) is 3. The van der Waals surface area contributed by atoms with Gasteiger partial charge in [-0.3, -0.25) is 29.6 Å². The number of nitrogens with two attached hydrogens (primary N) is 1. The Kier molecular flexibility index (Phi) is 9.22. The summed E-state index contributed by atoms with van der Waals surface area (Å²) in [6.45, 7) is 3.64. The number of nitro benzene ring substituents is 1. The number of amides is 2. The molecule has 1 aliphatic heterocycles. The molecule has 1 atom stereocenters. The summed E-state index contributed by atoms with van der Waals surface area (Å²) >= 11 is 0. The predicted molar refractivity (Wildman–Crippen MR) is 165 cm³/mol. The first-order chi connectivity index (χ1) is 20.9. The van der Waals surface area contributed by atoms with E-state index in [9.17, 15) is 19.7 Å². The van der Waals surface area contributed by atoms with Gasteiger partial charge in [0.15, 0.2) is 0 Å². The maximum atomic E-state index is 13.8. The molecule has 1 saturated heterocycles. The third-order valence-electron chi connectivity index (χ3n) is 8.29. The average molecular weight is 578 g/mol. The molecule has 1 aliphatic rings. The lowest BCUT2D eigenvalue weighted by molar-refractivity contribution is -0.384. The fourth-order valence-electron chi connectivity index (χ4n) is 6.18. The molecule has 1 aromatic heterocycles. The molecule has 2 heterocycles. The van der Waals surface area contributed by atoms with E-state index in [-0.39, 0.29) is 29.0 Å². The molecule has 5 rings (SSSR count). The second-order valence-corrected chi connectivity index (χ2v) is 10.8. The number of benzene rings is 3. The molecule has 0 bridgehead atoms. The Hall–Kier alpha value is -4.89. The van der Waals surface area contributed by atoms with Crippen LogP contribution in [0.2, 0.25) is 0 Å². The van der Waals surface area contributed by atoms with Crippen molar-refractivity contribution in [3.63, 3.8) is 0 Å². The Labute approximate surface area is 250 Å². The number of nitro groups is 1. The van der Waals surface area contributed by atoms with Crippen LogP contribution in [0.5, 0.6) is 0 Å². The molecule has 3 N–H and O–H groups in total. The maximum Gasteiger partial charge on any atom is 0.269 e. The van der Waals surface area contributed by atoms with E-state index in [1.165, 1.54) is 29.5 Å². The van der Waals surface area contributed by atoms with Gasteiger partial charge in [-0.25, -0.2) is 0 Å². The van der Waals surface area contributed by atoms with Gasteiger partial charge in [-0.1, -0.05) is 67.6 Å². The van der Waals surface area contributed by atoms with Crippen LogP contribution < -0.4 is 11.1 Å². The third kappa shape index (κ3) is 6.62. The average Bonchev–Trinajstić information content (AvgIpc) is 3.04. The van der Waals surface area contributed by atoms with Crippen LogP contribution in [0.4, 0.5) is 5.69 Å². The summed E-state index contributed by atoms with van der Waals surface area (Å²) in [6, 6.07) is 28.7. The van der Waals surface area contributed by atoms with Gasteiger partial charge in [-0.15, -0.1) is 0 Å². The number of carbonyl (C=O) groups is 2. The van der Waals surface area contributed by atoms with Crippen LogP contribution >= 0.6 is 0 Å². The minimum atomic E-state index is -0.823. The maximum absolute atomic E-state index is 13.8. The molecule has 43 heavy (non-hydrogen) atoms. The first-order valence-electron chi connectivity index (χ1n) is 14.6. The lowest BCUT2D eigenvalue weighted by Gasteiger charge is -2.40. The standard InChI is InChI=1S/C34H35N5O4/c1-2-29(38-21-18-26(19-22-38)30(24-9-5-3-6-10-24)25-11-7-4-8-12-25)37-34(41)31-28(17-20-36-32(31)33(35)40)23-13-15-27(16-14-23)39(42)43/h3-17,20,26,29-30H,2,18-19,21-22H2,1H3,(H2,35,40)(H,37,41). The Morgan fingerprint density at radius 1 is 0.953 bits per heavy atom. The lowest BCUT2D eigenvalue weighted by atomic mass is 9.76. The van der Waals surface area contributed by atoms with Gasteiger partial charge in [0.05, 0.1) is 16.7 Å². The van der Waals surface area contributed by atoms with Crippen molar-refractivity contribution in [1.29, 1.82) is 0 Å². The number of hydrogen-bond donors (Lipinski definition) is 2. The fraction of sp³-hybridized carbons (Fsp3) is 0.265. The fourth-order valence-corrected chi connectivity index (χ4v) is 6.18. The minimum Gasteiger partial charge on any atom is -0.364 e. The highest BCUT2D eigenvalue weighted by Gasteiger charge is 2.32. The van der Waals surface area contributed by atoms with Crippen LogP contribution in [0, 0.1) is 16.0 Å².